The highest BCUT2D eigenvalue weighted by Crippen LogP contribution is 2.20. The summed E-state index contributed by atoms with van der Waals surface area (Å²) < 4.78 is 10.5. The number of carbonyl (C=O) groups is 2. The number of furan rings is 1. The monoisotopic (exact) mass is 368 g/mol. The van der Waals surface area contributed by atoms with Crippen molar-refractivity contribution in [1.29, 1.82) is 0 Å². The number of nitrogens with zero attached hydrogens (tertiary/aromatic N) is 1. The molecule has 2 heterocycles. The molecular formula is C21H24N2O4. The van der Waals surface area contributed by atoms with Crippen LogP contribution in [0.1, 0.15) is 24.2 Å². The van der Waals surface area contributed by atoms with Crippen LogP contribution in [-0.4, -0.2) is 43.0 Å². The summed E-state index contributed by atoms with van der Waals surface area (Å²) in [6.07, 6.45) is 6.50. The van der Waals surface area contributed by atoms with Crippen LogP contribution in [0, 0.1) is 0 Å². The van der Waals surface area contributed by atoms with Crippen molar-refractivity contribution in [2.75, 3.05) is 20.2 Å². The van der Waals surface area contributed by atoms with E-state index in [1.54, 1.807) is 31.6 Å². The van der Waals surface area contributed by atoms with Gasteiger partial charge < -0.3 is 19.4 Å². The Morgan fingerprint density at radius 1 is 1.22 bits per heavy atom. The molecule has 0 saturated carbocycles. The second-order valence-electron chi connectivity index (χ2n) is 6.50. The lowest BCUT2D eigenvalue weighted by molar-refractivity contribution is -0.131. The van der Waals surface area contributed by atoms with Gasteiger partial charge in [-0.2, -0.15) is 0 Å². The zero-order valence-electron chi connectivity index (χ0n) is 15.4. The molecule has 1 aromatic heterocycles. The van der Waals surface area contributed by atoms with Gasteiger partial charge in [-0.25, -0.2) is 0 Å². The predicted octanol–water partition coefficient (Wildman–Crippen LogP) is 2.65. The summed E-state index contributed by atoms with van der Waals surface area (Å²) in [5, 5.41) is 2.98. The number of likely N-dealkylation sites (tertiary alicyclic amines) is 1. The molecule has 0 spiro atoms. The summed E-state index contributed by atoms with van der Waals surface area (Å²) in [5.41, 5.74) is 0.892. The van der Waals surface area contributed by atoms with Gasteiger partial charge in [-0.1, -0.05) is 18.2 Å². The smallest absolute Gasteiger partial charge is 0.244 e. The Labute approximate surface area is 158 Å². The number of amides is 2. The molecule has 1 fully saturated rings. The van der Waals surface area contributed by atoms with E-state index in [-0.39, 0.29) is 17.9 Å². The number of para-hydroxylation sites is 1. The number of hydrogen-bond donors (Lipinski definition) is 1. The van der Waals surface area contributed by atoms with Crippen molar-refractivity contribution in [2.24, 2.45) is 0 Å². The molecule has 1 saturated heterocycles. The molecule has 0 aliphatic carbocycles. The molecule has 142 valence electrons. The van der Waals surface area contributed by atoms with E-state index in [0.29, 0.717) is 25.3 Å². The fourth-order valence-corrected chi connectivity index (χ4v) is 3.19. The first-order chi connectivity index (χ1) is 13.2. The Balaban J connectivity index is 1.45. The van der Waals surface area contributed by atoms with E-state index in [4.69, 9.17) is 9.15 Å². The summed E-state index contributed by atoms with van der Waals surface area (Å²) in [7, 11) is 1.61. The highest BCUT2D eigenvalue weighted by Gasteiger charge is 2.24. The van der Waals surface area contributed by atoms with E-state index in [2.05, 4.69) is 5.32 Å². The third-order valence-corrected chi connectivity index (χ3v) is 4.67. The summed E-state index contributed by atoms with van der Waals surface area (Å²) in [4.78, 5) is 26.4. The molecule has 0 unspecified atom stereocenters. The van der Waals surface area contributed by atoms with E-state index < -0.39 is 0 Å². The van der Waals surface area contributed by atoms with Gasteiger partial charge >= 0.3 is 0 Å². The van der Waals surface area contributed by atoms with E-state index in [1.165, 1.54) is 6.08 Å². The van der Waals surface area contributed by atoms with Crippen LogP contribution >= 0.6 is 0 Å². The number of carbonyl (C=O) groups excluding carboxylic acids is 2. The quantitative estimate of drug-likeness (QED) is 0.796. The first-order valence-electron chi connectivity index (χ1n) is 9.07. The molecule has 27 heavy (non-hydrogen) atoms. The lowest BCUT2D eigenvalue weighted by Crippen LogP contribution is -2.46. The van der Waals surface area contributed by atoms with E-state index in [1.807, 2.05) is 29.2 Å². The number of piperidine rings is 1. The van der Waals surface area contributed by atoms with E-state index in [0.717, 1.165) is 24.2 Å². The van der Waals surface area contributed by atoms with Gasteiger partial charge in [0.2, 0.25) is 11.8 Å². The maximum atomic E-state index is 12.6. The van der Waals surface area contributed by atoms with Crippen molar-refractivity contribution in [3.63, 3.8) is 0 Å². The van der Waals surface area contributed by atoms with Crippen LogP contribution in [-0.2, 0) is 16.0 Å². The SMILES string of the molecule is COc1ccccc1CC(=O)N1CCC(NC(=O)C=Cc2ccco2)CC1. The minimum absolute atomic E-state index is 0.0778. The van der Waals surface area contributed by atoms with Crippen LogP contribution in [0.3, 0.4) is 0 Å². The minimum atomic E-state index is -0.148. The Morgan fingerprint density at radius 3 is 2.70 bits per heavy atom. The maximum Gasteiger partial charge on any atom is 0.244 e. The molecule has 1 aromatic carbocycles. The van der Waals surface area contributed by atoms with Crippen molar-refractivity contribution in [3.8, 4) is 5.75 Å². The van der Waals surface area contributed by atoms with Crippen LogP contribution in [0.4, 0.5) is 0 Å². The van der Waals surface area contributed by atoms with E-state index >= 15 is 0 Å². The Bertz CT molecular complexity index is 790. The topological polar surface area (TPSA) is 71.8 Å². The van der Waals surface area contributed by atoms with Crippen LogP contribution < -0.4 is 10.1 Å². The van der Waals surface area contributed by atoms with Gasteiger partial charge in [-0.05, 0) is 37.1 Å². The summed E-state index contributed by atoms with van der Waals surface area (Å²) in [6, 6.07) is 11.2. The molecule has 3 rings (SSSR count). The Kier molecular flexibility index (Phi) is 6.30. The van der Waals surface area contributed by atoms with Gasteiger partial charge in [0.25, 0.3) is 0 Å². The highest BCUT2D eigenvalue weighted by molar-refractivity contribution is 5.91. The average Bonchev–Trinajstić information content (AvgIpc) is 3.21. The number of hydrogen-bond acceptors (Lipinski definition) is 4. The zero-order valence-corrected chi connectivity index (χ0v) is 15.4. The number of nitrogens with one attached hydrogen (secondary N) is 1. The summed E-state index contributed by atoms with van der Waals surface area (Å²) >= 11 is 0. The molecule has 0 radical (unpaired) electrons. The normalized spacial score (nSPS) is 15.1. The molecule has 1 aliphatic rings. The number of benzene rings is 1. The first kappa shape index (κ1) is 18.8. The molecule has 1 N–H and O–H groups in total. The van der Waals surface area contributed by atoms with Crippen molar-refractivity contribution < 1.29 is 18.7 Å². The molecule has 0 atom stereocenters. The Hall–Kier alpha value is -3.02. The summed E-state index contributed by atoms with van der Waals surface area (Å²) in [6.45, 7) is 1.28. The highest BCUT2D eigenvalue weighted by atomic mass is 16.5. The number of ether oxygens (including phenoxy) is 1. The van der Waals surface area contributed by atoms with Crippen LogP contribution in [0.15, 0.2) is 53.2 Å². The van der Waals surface area contributed by atoms with Gasteiger partial charge in [0.05, 0.1) is 19.8 Å². The zero-order chi connectivity index (χ0) is 19.1. The lowest BCUT2D eigenvalue weighted by Gasteiger charge is -2.32. The first-order valence-corrected chi connectivity index (χ1v) is 9.07. The third kappa shape index (κ3) is 5.23. The van der Waals surface area contributed by atoms with E-state index in [9.17, 15) is 9.59 Å². The second kappa shape index (κ2) is 9.07. The van der Waals surface area contributed by atoms with Gasteiger partial charge in [-0.3, -0.25) is 9.59 Å². The van der Waals surface area contributed by atoms with Crippen molar-refractivity contribution in [1.82, 2.24) is 10.2 Å². The van der Waals surface area contributed by atoms with Crippen LogP contribution in [0.5, 0.6) is 5.75 Å². The minimum Gasteiger partial charge on any atom is -0.496 e. The van der Waals surface area contributed by atoms with Crippen molar-refractivity contribution >= 4 is 17.9 Å². The van der Waals surface area contributed by atoms with Crippen LogP contribution in [0.2, 0.25) is 0 Å². The molecule has 1 aliphatic heterocycles. The van der Waals surface area contributed by atoms with Crippen molar-refractivity contribution in [3.05, 3.63) is 60.1 Å². The molecule has 2 aromatic rings. The lowest BCUT2D eigenvalue weighted by atomic mass is 10.0. The summed E-state index contributed by atoms with van der Waals surface area (Å²) in [5.74, 6) is 1.31. The van der Waals surface area contributed by atoms with Gasteiger partial charge in [0.1, 0.15) is 11.5 Å². The van der Waals surface area contributed by atoms with Gasteiger partial charge in [0, 0.05) is 30.8 Å². The fourth-order valence-electron chi connectivity index (χ4n) is 3.19. The Morgan fingerprint density at radius 2 is 2.00 bits per heavy atom. The molecule has 6 nitrogen and oxygen atoms in total. The predicted molar refractivity (Wildman–Crippen MR) is 102 cm³/mol. The fraction of sp³-hybridized carbons (Fsp3) is 0.333. The largest absolute Gasteiger partial charge is 0.496 e. The average molecular weight is 368 g/mol. The number of methoxy groups -OCH3 is 1. The molecule has 2 amide bonds. The van der Waals surface area contributed by atoms with Gasteiger partial charge in [0.15, 0.2) is 0 Å². The maximum absolute atomic E-state index is 12.6. The molecule has 0 bridgehead atoms. The van der Waals surface area contributed by atoms with Crippen LogP contribution in [0.25, 0.3) is 6.08 Å². The van der Waals surface area contributed by atoms with Gasteiger partial charge in [-0.15, -0.1) is 0 Å². The number of rotatable bonds is 6. The second-order valence-corrected chi connectivity index (χ2v) is 6.50. The van der Waals surface area contributed by atoms with Crippen molar-refractivity contribution in [2.45, 2.75) is 25.3 Å². The standard InChI is InChI=1S/C21H24N2O4/c1-26-19-7-3-2-5-16(19)15-21(25)23-12-10-17(11-13-23)22-20(24)9-8-18-6-4-14-27-18/h2-9,14,17H,10-13,15H2,1H3,(H,22,24). The molecular weight excluding hydrogens is 344 g/mol. The third-order valence-electron chi connectivity index (χ3n) is 4.67. The molecule has 6 heteroatoms.